The van der Waals surface area contributed by atoms with Crippen molar-refractivity contribution in [3.8, 4) is 0 Å². The number of allylic oxidation sites excluding steroid dienone is 3. The highest BCUT2D eigenvalue weighted by atomic mass is 32.3. The minimum Gasteiger partial charge on any atom is -0.284 e. The topological polar surface area (TPSA) is 195 Å². The van der Waals surface area contributed by atoms with E-state index < -0.39 is 51.5 Å². The number of nitrogens with zero attached hydrogens (tertiary/aromatic N) is 2. The predicted octanol–water partition coefficient (Wildman–Crippen LogP) is 1.12. The van der Waals surface area contributed by atoms with Crippen molar-refractivity contribution in [3.63, 3.8) is 0 Å². The van der Waals surface area contributed by atoms with E-state index in [-0.39, 0.29) is 5.56 Å². The normalized spacial score (nSPS) is 19.7. The molecular weight excluding hydrogens is 420 g/mol. The van der Waals surface area contributed by atoms with Gasteiger partial charge in [0.05, 0.1) is 15.4 Å². The van der Waals surface area contributed by atoms with E-state index in [9.17, 15) is 46.2 Å². The maximum Gasteiger partial charge on any atom is 0.349 e. The van der Waals surface area contributed by atoms with Crippen molar-refractivity contribution in [2.75, 3.05) is 0 Å². The highest BCUT2D eigenvalue weighted by molar-refractivity contribution is 8.05. The molecule has 0 bridgehead atoms. The largest absolute Gasteiger partial charge is 0.349 e. The summed E-state index contributed by atoms with van der Waals surface area (Å²) in [5, 5.41) is 23.3. The van der Waals surface area contributed by atoms with E-state index in [2.05, 4.69) is 0 Å². The standard InChI is InChI=1S/C14H12N2O10S2/c17-15(18)12(10-6-2-1-3-7-10)13(16(19)20)11-8-4-5-9-14(11,27(21,22)23)28(24,25)26/h1-9,11H,(H,21,22,23)(H,24,25,26). The Balaban J connectivity index is 3.03. The van der Waals surface area contributed by atoms with E-state index >= 15 is 0 Å². The molecule has 0 saturated carbocycles. The second-order valence-corrected chi connectivity index (χ2v) is 9.02. The molecule has 0 aliphatic heterocycles. The predicted molar refractivity (Wildman–Crippen MR) is 94.9 cm³/mol. The van der Waals surface area contributed by atoms with Crippen molar-refractivity contribution >= 4 is 25.9 Å². The van der Waals surface area contributed by atoms with Gasteiger partial charge in [0.25, 0.3) is 24.3 Å². The van der Waals surface area contributed by atoms with Crippen LogP contribution in [-0.4, -0.2) is 39.9 Å². The summed E-state index contributed by atoms with van der Waals surface area (Å²) in [4.78, 5) is 20.8. The molecule has 0 spiro atoms. The van der Waals surface area contributed by atoms with E-state index in [0.717, 1.165) is 24.3 Å². The van der Waals surface area contributed by atoms with Gasteiger partial charge in [0.15, 0.2) is 0 Å². The lowest BCUT2D eigenvalue weighted by Gasteiger charge is -2.30. The summed E-state index contributed by atoms with van der Waals surface area (Å²) in [6.45, 7) is 0. The fourth-order valence-corrected chi connectivity index (χ4v) is 5.39. The third-order valence-corrected chi connectivity index (χ3v) is 7.60. The Bertz CT molecular complexity index is 1090. The van der Waals surface area contributed by atoms with Crippen molar-refractivity contribution in [3.05, 3.63) is 86.1 Å². The third kappa shape index (κ3) is 3.45. The maximum atomic E-state index is 11.9. The van der Waals surface area contributed by atoms with Gasteiger partial charge in [-0.1, -0.05) is 36.4 Å². The van der Waals surface area contributed by atoms with Gasteiger partial charge < -0.3 is 0 Å². The molecule has 2 rings (SSSR count). The Morgan fingerprint density at radius 1 is 0.929 bits per heavy atom. The molecular formula is C14H12N2O10S2. The quantitative estimate of drug-likeness (QED) is 0.373. The molecule has 0 amide bonds. The zero-order valence-corrected chi connectivity index (χ0v) is 15.3. The molecule has 14 heteroatoms. The summed E-state index contributed by atoms with van der Waals surface area (Å²) in [7, 11) is -11.5. The van der Waals surface area contributed by atoms with Crippen LogP contribution in [0.4, 0.5) is 0 Å². The van der Waals surface area contributed by atoms with Gasteiger partial charge in [-0.2, -0.15) is 16.8 Å². The van der Waals surface area contributed by atoms with E-state index in [0.29, 0.717) is 12.2 Å². The first-order valence-electron chi connectivity index (χ1n) is 7.23. The second-order valence-electron chi connectivity index (χ2n) is 5.51. The van der Waals surface area contributed by atoms with Crippen molar-refractivity contribution in [2.45, 2.75) is 4.08 Å². The molecule has 1 aliphatic rings. The molecule has 1 aromatic carbocycles. The average Bonchev–Trinajstić information content (AvgIpc) is 2.57. The summed E-state index contributed by atoms with van der Waals surface area (Å²) in [5.41, 5.74) is -2.97. The SMILES string of the molecule is O=[N+]([O-])C(=C(C1C=CC=CC1(S(=O)(=O)O)S(=O)(=O)O)[N+](=O)[O-])c1ccccc1. The van der Waals surface area contributed by atoms with Gasteiger partial charge in [-0.3, -0.25) is 29.3 Å². The molecule has 0 heterocycles. The van der Waals surface area contributed by atoms with Crippen LogP contribution in [0.5, 0.6) is 0 Å². The van der Waals surface area contributed by atoms with Gasteiger partial charge in [-0.05, 0) is 18.2 Å². The number of hydrogen-bond acceptors (Lipinski definition) is 8. The summed E-state index contributed by atoms with van der Waals surface area (Å²) in [6.07, 6.45) is 2.77. The molecule has 0 aromatic heterocycles. The van der Waals surface area contributed by atoms with E-state index in [4.69, 9.17) is 0 Å². The molecule has 0 radical (unpaired) electrons. The lowest BCUT2D eigenvalue weighted by Crippen LogP contribution is -2.52. The van der Waals surface area contributed by atoms with E-state index in [1.807, 2.05) is 0 Å². The Morgan fingerprint density at radius 2 is 1.46 bits per heavy atom. The molecule has 28 heavy (non-hydrogen) atoms. The fraction of sp³-hybridized carbons (Fsp3) is 0.143. The monoisotopic (exact) mass is 432 g/mol. The molecule has 1 unspecified atom stereocenters. The third-order valence-electron chi connectivity index (χ3n) is 3.95. The van der Waals surface area contributed by atoms with Crippen LogP contribution in [0.3, 0.4) is 0 Å². The Morgan fingerprint density at radius 3 is 1.89 bits per heavy atom. The summed E-state index contributed by atoms with van der Waals surface area (Å²) in [6, 6.07) is 6.31. The Hall–Kier alpha value is -2.94. The van der Waals surface area contributed by atoms with Gasteiger partial charge in [-0.25, -0.2) is 0 Å². The van der Waals surface area contributed by atoms with Crippen LogP contribution in [0.2, 0.25) is 0 Å². The zero-order valence-electron chi connectivity index (χ0n) is 13.6. The van der Waals surface area contributed by atoms with Crippen molar-refractivity contribution in [2.24, 2.45) is 5.92 Å². The lowest BCUT2D eigenvalue weighted by molar-refractivity contribution is -0.450. The van der Waals surface area contributed by atoms with Crippen LogP contribution in [0.15, 0.2) is 60.3 Å². The molecule has 12 nitrogen and oxygen atoms in total. The molecule has 150 valence electrons. The highest BCUT2D eigenvalue weighted by Gasteiger charge is 2.64. The number of nitro groups is 2. The van der Waals surface area contributed by atoms with Crippen molar-refractivity contribution in [1.29, 1.82) is 0 Å². The van der Waals surface area contributed by atoms with Crippen LogP contribution in [0, 0.1) is 26.1 Å². The van der Waals surface area contributed by atoms with Gasteiger partial charge in [0, 0.05) is 0 Å². The first-order chi connectivity index (χ1) is 12.8. The van der Waals surface area contributed by atoms with E-state index in [1.165, 1.54) is 18.2 Å². The molecule has 1 atom stereocenters. The molecule has 0 fully saturated rings. The molecule has 2 N–H and O–H groups in total. The van der Waals surface area contributed by atoms with Gasteiger partial charge in [-0.15, -0.1) is 0 Å². The van der Waals surface area contributed by atoms with Gasteiger partial charge in [0.1, 0.15) is 5.92 Å². The van der Waals surface area contributed by atoms with E-state index in [1.54, 1.807) is 0 Å². The second kappa shape index (κ2) is 7.23. The molecule has 1 aromatic rings. The first kappa shape index (κ1) is 21.4. The minimum atomic E-state index is -5.75. The van der Waals surface area contributed by atoms with Crippen LogP contribution < -0.4 is 0 Å². The maximum absolute atomic E-state index is 11.9. The fourth-order valence-electron chi connectivity index (χ4n) is 2.80. The van der Waals surface area contributed by atoms with Crippen LogP contribution in [0.1, 0.15) is 5.56 Å². The minimum absolute atomic E-state index is 0.314. The smallest absolute Gasteiger partial charge is 0.284 e. The molecule has 1 aliphatic carbocycles. The summed E-state index contributed by atoms with van der Waals surface area (Å²) in [5.74, 6) is -2.43. The van der Waals surface area contributed by atoms with Gasteiger partial charge >= 0.3 is 11.4 Å². The van der Waals surface area contributed by atoms with Gasteiger partial charge in [0.2, 0.25) is 0 Å². The van der Waals surface area contributed by atoms with Crippen LogP contribution in [-0.2, 0) is 20.2 Å². The number of rotatable bonds is 6. The van der Waals surface area contributed by atoms with Crippen LogP contribution >= 0.6 is 0 Å². The number of hydrogen-bond donors (Lipinski definition) is 2. The summed E-state index contributed by atoms with van der Waals surface area (Å²) < 4.78 is 63.2. The average molecular weight is 432 g/mol. The van der Waals surface area contributed by atoms with Crippen molar-refractivity contribution < 1.29 is 35.8 Å². The first-order valence-corrected chi connectivity index (χ1v) is 10.1. The Labute approximate surface area is 158 Å². The van der Waals surface area contributed by atoms with Crippen molar-refractivity contribution in [1.82, 2.24) is 0 Å². The number of benzene rings is 1. The summed E-state index contributed by atoms with van der Waals surface area (Å²) >= 11 is 0. The van der Waals surface area contributed by atoms with Crippen LogP contribution in [0.25, 0.3) is 5.70 Å². The molecule has 0 saturated heterocycles. The zero-order chi connectivity index (χ0) is 21.3. The lowest BCUT2D eigenvalue weighted by atomic mass is 9.93. The highest BCUT2D eigenvalue weighted by Crippen LogP contribution is 2.43. The Kier molecular flexibility index (Phi) is 5.52.